The molecule has 1 saturated heterocycles. The fourth-order valence-corrected chi connectivity index (χ4v) is 3.99. The first kappa shape index (κ1) is 18.8. The van der Waals surface area contributed by atoms with Gasteiger partial charge in [0.2, 0.25) is 0 Å². The van der Waals surface area contributed by atoms with Gasteiger partial charge in [0.15, 0.2) is 18.1 Å². The molecule has 0 bridgehead atoms. The van der Waals surface area contributed by atoms with Gasteiger partial charge in [-0.3, -0.25) is 4.79 Å². The van der Waals surface area contributed by atoms with Crippen LogP contribution in [0.15, 0.2) is 46.9 Å². The molecule has 0 spiro atoms. The summed E-state index contributed by atoms with van der Waals surface area (Å²) in [5.74, 6) is 0.739. The second-order valence-corrected chi connectivity index (χ2v) is 7.65. The highest BCUT2D eigenvalue weighted by molar-refractivity contribution is 9.10. The van der Waals surface area contributed by atoms with Crippen molar-refractivity contribution >= 4 is 27.8 Å². The number of esters is 1. The summed E-state index contributed by atoms with van der Waals surface area (Å²) < 4.78 is 17.2. The van der Waals surface area contributed by atoms with Crippen LogP contribution in [0, 0.1) is 0 Å². The Morgan fingerprint density at radius 1 is 1.11 bits per heavy atom. The molecule has 0 aromatic heterocycles. The predicted molar refractivity (Wildman–Crippen MR) is 106 cm³/mol. The van der Waals surface area contributed by atoms with Crippen molar-refractivity contribution in [3.8, 4) is 11.5 Å². The number of rotatable bonds is 4. The first-order valence-corrected chi connectivity index (χ1v) is 10.0. The molecular formula is C21H20BrNO5. The molecule has 1 fully saturated rings. The molecule has 0 saturated carbocycles. The van der Waals surface area contributed by atoms with Crippen LogP contribution >= 0.6 is 15.9 Å². The summed E-state index contributed by atoms with van der Waals surface area (Å²) in [5.41, 5.74) is 1.42. The van der Waals surface area contributed by atoms with Crippen molar-refractivity contribution in [2.75, 3.05) is 26.4 Å². The second kappa shape index (κ2) is 8.22. The molecule has 1 atom stereocenters. The lowest BCUT2D eigenvalue weighted by Crippen LogP contribution is -2.34. The number of carbonyl (C=O) groups is 2. The molecule has 2 aromatic rings. The van der Waals surface area contributed by atoms with Crippen LogP contribution in [-0.4, -0.2) is 43.1 Å². The quantitative estimate of drug-likeness (QED) is 0.670. The van der Waals surface area contributed by atoms with Gasteiger partial charge in [-0.1, -0.05) is 28.1 Å². The van der Waals surface area contributed by atoms with E-state index < -0.39 is 5.97 Å². The molecule has 7 heteroatoms. The highest BCUT2D eigenvalue weighted by atomic mass is 79.9. The van der Waals surface area contributed by atoms with Gasteiger partial charge >= 0.3 is 5.97 Å². The van der Waals surface area contributed by atoms with E-state index in [4.69, 9.17) is 14.2 Å². The van der Waals surface area contributed by atoms with Crippen LogP contribution < -0.4 is 9.47 Å². The topological polar surface area (TPSA) is 65.1 Å². The summed E-state index contributed by atoms with van der Waals surface area (Å²) in [4.78, 5) is 26.7. The van der Waals surface area contributed by atoms with E-state index in [9.17, 15) is 9.59 Å². The Morgan fingerprint density at radius 2 is 1.93 bits per heavy atom. The Bertz CT molecular complexity index is 900. The van der Waals surface area contributed by atoms with E-state index in [2.05, 4.69) is 15.9 Å². The van der Waals surface area contributed by atoms with Gasteiger partial charge in [-0.05, 0) is 48.7 Å². The number of benzene rings is 2. The van der Waals surface area contributed by atoms with Gasteiger partial charge in [0.25, 0.3) is 5.91 Å². The third-order valence-electron chi connectivity index (χ3n) is 4.91. The van der Waals surface area contributed by atoms with E-state index in [-0.39, 0.29) is 18.6 Å². The van der Waals surface area contributed by atoms with Gasteiger partial charge in [-0.25, -0.2) is 4.79 Å². The summed E-state index contributed by atoms with van der Waals surface area (Å²) in [7, 11) is 0. The number of amides is 1. The number of likely N-dealkylation sites (tertiary alicyclic amines) is 1. The van der Waals surface area contributed by atoms with Crippen molar-refractivity contribution in [3.05, 3.63) is 58.1 Å². The van der Waals surface area contributed by atoms with Gasteiger partial charge in [0.1, 0.15) is 13.2 Å². The molecule has 0 aliphatic carbocycles. The van der Waals surface area contributed by atoms with Gasteiger partial charge in [0.05, 0.1) is 11.6 Å². The van der Waals surface area contributed by atoms with Gasteiger partial charge in [-0.15, -0.1) is 0 Å². The smallest absolute Gasteiger partial charge is 0.338 e. The molecule has 2 aliphatic rings. The van der Waals surface area contributed by atoms with Gasteiger partial charge in [-0.2, -0.15) is 0 Å². The lowest BCUT2D eigenvalue weighted by Gasteiger charge is -2.26. The van der Waals surface area contributed by atoms with Crippen molar-refractivity contribution in [3.63, 3.8) is 0 Å². The number of ether oxygens (including phenoxy) is 3. The van der Waals surface area contributed by atoms with Crippen LogP contribution in [0.1, 0.15) is 34.8 Å². The number of fused-ring (bicyclic) bond motifs is 1. The summed E-state index contributed by atoms with van der Waals surface area (Å²) in [5, 5.41) is 0. The van der Waals surface area contributed by atoms with Crippen LogP contribution in [-0.2, 0) is 9.53 Å². The SMILES string of the molecule is O=C(OCC(=O)N1CCCC1c1ccc2c(c1)OCCO2)c1cccc(Br)c1. The minimum Gasteiger partial charge on any atom is -0.486 e. The van der Waals surface area contributed by atoms with Crippen LogP contribution in [0.3, 0.4) is 0 Å². The van der Waals surface area contributed by atoms with Crippen molar-refractivity contribution in [1.29, 1.82) is 0 Å². The molecule has 1 unspecified atom stereocenters. The average molecular weight is 446 g/mol. The Morgan fingerprint density at radius 3 is 2.75 bits per heavy atom. The Kier molecular flexibility index (Phi) is 5.52. The fourth-order valence-electron chi connectivity index (χ4n) is 3.59. The number of nitrogens with zero attached hydrogens (tertiary/aromatic N) is 1. The van der Waals surface area contributed by atoms with Crippen LogP contribution in [0.5, 0.6) is 11.5 Å². The highest BCUT2D eigenvalue weighted by Crippen LogP contribution is 2.38. The van der Waals surface area contributed by atoms with E-state index in [1.165, 1.54) is 0 Å². The summed E-state index contributed by atoms with van der Waals surface area (Å²) >= 11 is 3.32. The molecule has 0 N–H and O–H groups in total. The molecule has 1 amide bonds. The second-order valence-electron chi connectivity index (χ2n) is 6.73. The maximum atomic E-state index is 12.7. The zero-order valence-corrected chi connectivity index (χ0v) is 16.8. The minimum atomic E-state index is -0.510. The molecule has 28 heavy (non-hydrogen) atoms. The number of carbonyl (C=O) groups excluding carboxylic acids is 2. The summed E-state index contributed by atoms with van der Waals surface area (Å²) in [6.07, 6.45) is 1.77. The highest BCUT2D eigenvalue weighted by Gasteiger charge is 2.31. The molecule has 2 aliphatic heterocycles. The summed E-state index contributed by atoms with van der Waals surface area (Å²) in [6.45, 7) is 1.44. The van der Waals surface area contributed by atoms with E-state index in [1.54, 1.807) is 23.1 Å². The molecule has 2 aromatic carbocycles. The van der Waals surface area contributed by atoms with Crippen LogP contribution in [0.25, 0.3) is 0 Å². The van der Waals surface area contributed by atoms with Crippen LogP contribution in [0.4, 0.5) is 0 Å². The first-order chi connectivity index (χ1) is 13.6. The Labute approximate surface area is 171 Å². The van der Waals surface area contributed by atoms with Crippen LogP contribution in [0.2, 0.25) is 0 Å². The molecule has 2 heterocycles. The summed E-state index contributed by atoms with van der Waals surface area (Å²) in [6, 6.07) is 12.7. The van der Waals surface area contributed by atoms with Crippen molar-refractivity contribution in [1.82, 2.24) is 4.90 Å². The molecule has 6 nitrogen and oxygen atoms in total. The van der Waals surface area contributed by atoms with Gasteiger partial charge in [0, 0.05) is 11.0 Å². The lowest BCUT2D eigenvalue weighted by molar-refractivity contribution is -0.135. The first-order valence-electron chi connectivity index (χ1n) is 9.23. The maximum Gasteiger partial charge on any atom is 0.338 e. The van der Waals surface area contributed by atoms with Crippen molar-refractivity contribution < 1.29 is 23.8 Å². The lowest BCUT2D eigenvalue weighted by atomic mass is 10.0. The average Bonchev–Trinajstić information content (AvgIpc) is 3.21. The third-order valence-corrected chi connectivity index (χ3v) is 5.40. The standard InChI is InChI=1S/C21H20BrNO5/c22-16-4-1-3-15(11-16)21(25)28-13-20(24)23-8-2-5-17(23)14-6-7-18-19(12-14)27-10-9-26-18/h1,3-4,6-7,11-12,17H,2,5,8-10,13H2. The number of hydrogen-bond donors (Lipinski definition) is 0. The van der Waals surface area contributed by atoms with Crippen molar-refractivity contribution in [2.45, 2.75) is 18.9 Å². The zero-order valence-electron chi connectivity index (χ0n) is 15.2. The fraction of sp³-hybridized carbons (Fsp3) is 0.333. The van der Waals surface area contributed by atoms with Gasteiger partial charge < -0.3 is 19.1 Å². The number of hydrogen-bond acceptors (Lipinski definition) is 5. The van der Waals surface area contributed by atoms with Crippen molar-refractivity contribution in [2.24, 2.45) is 0 Å². The molecule has 4 rings (SSSR count). The maximum absolute atomic E-state index is 12.7. The molecular weight excluding hydrogens is 426 g/mol. The van der Waals surface area contributed by atoms with E-state index in [0.717, 1.165) is 28.6 Å². The Balaban J connectivity index is 1.41. The minimum absolute atomic E-state index is 0.0482. The van der Waals surface area contributed by atoms with E-state index in [0.29, 0.717) is 31.1 Å². The molecule has 0 radical (unpaired) electrons. The van der Waals surface area contributed by atoms with E-state index >= 15 is 0 Å². The normalized spacial score (nSPS) is 18.0. The third kappa shape index (κ3) is 3.99. The van der Waals surface area contributed by atoms with E-state index in [1.807, 2.05) is 24.3 Å². The monoisotopic (exact) mass is 445 g/mol. The number of halogens is 1. The predicted octanol–water partition coefficient (Wildman–Crippen LogP) is 3.74. The Hall–Kier alpha value is -2.54. The zero-order chi connectivity index (χ0) is 19.5. The molecule has 146 valence electrons. The largest absolute Gasteiger partial charge is 0.486 e.